The zero-order chi connectivity index (χ0) is 12.5. The average molecular weight is 256 g/mol. The first-order valence-electron chi connectivity index (χ1n) is 6.85. The molecule has 0 amide bonds. The van der Waals surface area contributed by atoms with Gasteiger partial charge in [0.1, 0.15) is 6.10 Å². The number of fused-ring (bicyclic) bond motifs is 1. The minimum Gasteiger partial charge on any atom is -0.462 e. The highest BCUT2D eigenvalue weighted by atomic mass is 16.7. The first-order valence-corrected chi connectivity index (χ1v) is 6.85. The third kappa shape index (κ3) is 2.39. The van der Waals surface area contributed by atoms with Gasteiger partial charge in [0.15, 0.2) is 6.29 Å². The fourth-order valence-electron chi connectivity index (χ4n) is 3.27. The maximum atomic E-state index is 11.2. The molecule has 0 aromatic rings. The molecule has 3 rings (SSSR count). The lowest BCUT2D eigenvalue weighted by atomic mass is 9.93. The topological polar surface area (TPSA) is 65.0 Å². The Labute approximate surface area is 106 Å². The van der Waals surface area contributed by atoms with E-state index in [1.54, 1.807) is 0 Å². The number of aliphatic hydroxyl groups is 1. The molecule has 0 bridgehead atoms. The van der Waals surface area contributed by atoms with E-state index in [9.17, 15) is 9.90 Å². The molecule has 3 fully saturated rings. The van der Waals surface area contributed by atoms with Crippen LogP contribution < -0.4 is 0 Å². The summed E-state index contributed by atoms with van der Waals surface area (Å²) >= 11 is 0. The summed E-state index contributed by atoms with van der Waals surface area (Å²) in [7, 11) is 0. The van der Waals surface area contributed by atoms with Gasteiger partial charge in [-0.25, -0.2) is 0 Å². The van der Waals surface area contributed by atoms with Crippen LogP contribution in [0.15, 0.2) is 0 Å². The molecule has 2 heterocycles. The Morgan fingerprint density at radius 3 is 3.06 bits per heavy atom. The Kier molecular flexibility index (Phi) is 3.54. The predicted octanol–water partition coefficient (Wildman–Crippen LogP) is 0.842. The van der Waals surface area contributed by atoms with Crippen LogP contribution in [0.25, 0.3) is 0 Å². The van der Waals surface area contributed by atoms with E-state index in [1.165, 1.54) is 0 Å². The molecule has 18 heavy (non-hydrogen) atoms. The molecule has 1 saturated carbocycles. The molecule has 2 saturated heterocycles. The molecule has 0 radical (unpaired) electrons. The summed E-state index contributed by atoms with van der Waals surface area (Å²) in [6.45, 7) is 1.22. The summed E-state index contributed by atoms with van der Waals surface area (Å²) in [6.07, 6.45) is 3.46. The molecule has 3 aliphatic rings. The molecule has 5 unspecified atom stereocenters. The van der Waals surface area contributed by atoms with E-state index >= 15 is 0 Å². The average Bonchev–Trinajstić information content (AvgIpc) is 2.84. The molecule has 5 heteroatoms. The summed E-state index contributed by atoms with van der Waals surface area (Å²) in [5, 5.41) is 10.00. The van der Waals surface area contributed by atoms with Crippen molar-refractivity contribution in [1.82, 2.24) is 0 Å². The number of ether oxygens (including phenoxy) is 3. The number of hydrogen-bond acceptors (Lipinski definition) is 5. The van der Waals surface area contributed by atoms with Gasteiger partial charge in [-0.15, -0.1) is 0 Å². The Hall–Kier alpha value is -0.650. The van der Waals surface area contributed by atoms with Gasteiger partial charge < -0.3 is 19.3 Å². The van der Waals surface area contributed by atoms with Crippen LogP contribution in [-0.2, 0) is 19.0 Å². The van der Waals surface area contributed by atoms with Gasteiger partial charge in [-0.1, -0.05) is 0 Å². The Balaban J connectivity index is 1.53. The normalized spacial score (nSPS) is 43.8. The van der Waals surface area contributed by atoms with Crippen LogP contribution in [0.1, 0.15) is 32.1 Å². The SMILES string of the molecule is O=C1CC2C(CC(O)C2COC2CCCCO2)O1. The van der Waals surface area contributed by atoms with Gasteiger partial charge in [-0.3, -0.25) is 4.79 Å². The molecule has 0 aromatic heterocycles. The first kappa shape index (κ1) is 12.4. The van der Waals surface area contributed by atoms with Crippen molar-refractivity contribution < 1.29 is 24.1 Å². The standard InChI is InChI=1S/C13H20O5/c14-10-6-11-8(5-12(15)18-11)9(10)7-17-13-3-1-2-4-16-13/h8-11,13-14H,1-7H2. The summed E-state index contributed by atoms with van der Waals surface area (Å²) < 4.78 is 16.4. The van der Waals surface area contributed by atoms with E-state index in [1.807, 2.05) is 0 Å². The van der Waals surface area contributed by atoms with Crippen LogP contribution in [-0.4, -0.2) is 42.8 Å². The number of aliphatic hydroxyl groups excluding tert-OH is 1. The summed E-state index contributed by atoms with van der Waals surface area (Å²) in [6, 6.07) is 0. The summed E-state index contributed by atoms with van der Waals surface area (Å²) in [4.78, 5) is 11.2. The van der Waals surface area contributed by atoms with Crippen LogP contribution in [0.2, 0.25) is 0 Å². The van der Waals surface area contributed by atoms with Gasteiger partial charge in [0.25, 0.3) is 0 Å². The van der Waals surface area contributed by atoms with Crippen LogP contribution >= 0.6 is 0 Å². The lowest BCUT2D eigenvalue weighted by Gasteiger charge is -2.26. The predicted molar refractivity (Wildman–Crippen MR) is 61.6 cm³/mol. The number of rotatable bonds is 3. The lowest BCUT2D eigenvalue weighted by Crippen LogP contribution is -2.30. The monoisotopic (exact) mass is 256 g/mol. The van der Waals surface area contributed by atoms with E-state index in [0.29, 0.717) is 19.4 Å². The number of carbonyl (C=O) groups excluding carboxylic acids is 1. The molecule has 5 atom stereocenters. The molecule has 0 aromatic carbocycles. The molecule has 1 aliphatic carbocycles. The molecular formula is C13H20O5. The number of carbonyl (C=O) groups is 1. The van der Waals surface area contributed by atoms with Crippen LogP contribution in [0.5, 0.6) is 0 Å². The molecule has 0 spiro atoms. The highest BCUT2D eigenvalue weighted by Crippen LogP contribution is 2.41. The van der Waals surface area contributed by atoms with Crippen LogP contribution in [0.4, 0.5) is 0 Å². The van der Waals surface area contributed by atoms with Gasteiger partial charge in [-0.05, 0) is 19.3 Å². The van der Waals surface area contributed by atoms with Crippen LogP contribution in [0.3, 0.4) is 0 Å². The van der Waals surface area contributed by atoms with Gasteiger partial charge in [0, 0.05) is 24.9 Å². The number of esters is 1. The summed E-state index contributed by atoms with van der Waals surface area (Å²) in [5.74, 6) is -0.0149. The van der Waals surface area contributed by atoms with Crippen molar-refractivity contribution in [2.24, 2.45) is 11.8 Å². The van der Waals surface area contributed by atoms with Crippen molar-refractivity contribution in [1.29, 1.82) is 0 Å². The van der Waals surface area contributed by atoms with Crippen molar-refractivity contribution in [3.63, 3.8) is 0 Å². The van der Waals surface area contributed by atoms with Crippen LogP contribution in [0, 0.1) is 11.8 Å². The van der Waals surface area contributed by atoms with Crippen molar-refractivity contribution in [3.8, 4) is 0 Å². The minimum absolute atomic E-state index is 0.00646. The smallest absolute Gasteiger partial charge is 0.306 e. The van der Waals surface area contributed by atoms with Gasteiger partial charge in [-0.2, -0.15) is 0 Å². The quantitative estimate of drug-likeness (QED) is 0.758. The zero-order valence-corrected chi connectivity index (χ0v) is 10.4. The van der Waals surface area contributed by atoms with Gasteiger partial charge in [0.2, 0.25) is 0 Å². The maximum Gasteiger partial charge on any atom is 0.306 e. The Morgan fingerprint density at radius 1 is 1.39 bits per heavy atom. The molecule has 1 N–H and O–H groups in total. The summed E-state index contributed by atoms with van der Waals surface area (Å²) in [5.41, 5.74) is 0. The van der Waals surface area contributed by atoms with Gasteiger partial charge in [0.05, 0.1) is 19.1 Å². The molecule has 2 aliphatic heterocycles. The zero-order valence-electron chi connectivity index (χ0n) is 10.4. The highest BCUT2D eigenvalue weighted by Gasteiger charge is 2.49. The molecule has 102 valence electrons. The number of hydrogen-bond donors (Lipinski definition) is 1. The third-order valence-electron chi connectivity index (χ3n) is 4.29. The van der Waals surface area contributed by atoms with E-state index in [-0.39, 0.29) is 30.2 Å². The first-order chi connectivity index (χ1) is 8.74. The van der Waals surface area contributed by atoms with Gasteiger partial charge >= 0.3 is 5.97 Å². The largest absolute Gasteiger partial charge is 0.462 e. The fraction of sp³-hybridized carbons (Fsp3) is 0.923. The van der Waals surface area contributed by atoms with Crippen molar-refractivity contribution in [2.45, 2.75) is 50.6 Å². The second kappa shape index (κ2) is 5.15. The second-order valence-electron chi connectivity index (χ2n) is 5.49. The van der Waals surface area contributed by atoms with E-state index < -0.39 is 6.10 Å². The highest BCUT2D eigenvalue weighted by molar-refractivity contribution is 5.72. The molecular weight excluding hydrogens is 236 g/mol. The maximum absolute atomic E-state index is 11.2. The van der Waals surface area contributed by atoms with Crippen molar-refractivity contribution >= 4 is 5.97 Å². The van der Waals surface area contributed by atoms with E-state index in [4.69, 9.17) is 14.2 Å². The fourth-order valence-corrected chi connectivity index (χ4v) is 3.27. The minimum atomic E-state index is -0.420. The second-order valence-corrected chi connectivity index (χ2v) is 5.49. The van der Waals surface area contributed by atoms with E-state index in [2.05, 4.69) is 0 Å². The van der Waals surface area contributed by atoms with Crippen molar-refractivity contribution in [2.75, 3.05) is 13.2 Å². The Bertz CT molecular complexity index is 313. The Morgan fingerprint density at radius 2 is 2.28 bits per heavy atom. The third-order valence-corrected chi connectivity index (χ3v) is 4.29. The van der Waals surface area contributed by atoms with Crippen molar-refractivity contribution in [3.05, 3.63) is 0 Å². The molecule has 5 nitrogen and oxygen atoms in total. The lowest BCUT2D eigenvalue weighted by molar-refractivity contribution is -0.175. The van der Waals surface area contributed by atoms with E-state index in [0.717, 1.165) is 25.9 Å².